The van der Waals surface area contributed by atoms with Crippen LogP contribution in [0.2, 0.25) is 0 Å². The van der Waals surface area contributed by atoms with Crippen molar-refractivity contribution in [1.82, 2.24) is 0 Å². The van der Waals surface area contributed by atoms with Crippen molar-refractivity contribution >= 4 is 12.3 Å². The van der Waals surface area contributed by atoms with Gasteiger partial charge in [-0.2, -0.15) is 0 Å². The van der Waals surface area contributed by atoms with Gasteiger partial charge in [-0.1, -0.05) is 24.3 Å². The van der Waals surface area contributed by atoms with Crippen LogP contribution in [0.1, 0.15) is 29.3 Å². The maximum Gasteiger partial charge on any atom is 0.306 e. The highest BCUT2D eigenvalue weighted by atomic mass is 16.5. The zero-order chi connectivity index (χ0) is 11.1. The van der Waals surface area contributed by atoms with Crippen molar-refractivity contribution in [2.75, 3.05) is 6.61 Å². The molecule has 1 aromatic carbocycles. The van der Waals surface area contributed by atoms with E-state index in [-0.39, 0.29) is 5.97 Å². The van der Waals surface area contributed by atoms with E-state index in [1.165, 1.54) is 0 Å². The largest absolute Gasteiger partial charge is 0.466 e. The van der Waals surface area contributed by atoms with Gasteiger partial charge >= 0.3 is 5.97 Å². The van der Waals surface area contributed by atoms with Gasteiger partial charge in [-0.15, -0.1) is 0 Å². The average Bonchev–Trinajstić information content (AvgIpc) is 2.27. The number of benzene rings is 1. The summed E-state index contributed by atoms with van der Waals surface area (Å²) in [5, 5.41) is 0. The lowest BCUT2D eigenvalue weighted by Crippen LogP contribution is -2.05. The second-order valence-corrected chi connectivity index (χ2v) is 3.16. The molecule has 0 unspecified atom stereocenters. The van der Waals surface area contributed by atoms with E-state index in [1.807, 2.05) is 12.1 Å². The molecule has 3 heteroatoms. The Labute approximate surface area is 89.1 Å². The topological polar surface area (TPSA) is 43.4 Å². The molecule has 0 aliphatic rings. The number of aryl methyl sites for hydroxylation is 1. The molecule has 0 amide bonds. The molecule has 3 nitrogen and oxygen atoms in total. The standard InChI is InChI=1S/C12H14O3/c1-2-15-12(14)8-7-10-3-5-11(9-13)6-4-10/h3-6,9H,2,7-8H2,1H3. The Morgan fingerprint density at radius 1 is 1.33 bits per heavy atom. The number of esters is 1. The summed E-state index contributed by atoms with van der Waals surface area (Å²) in [4.78, 5) is 21.5. The normalized spacial score (nSPS) is 9.67. The molecule has 0 radical (unpaired) electrons. The van der Waals surface area contributed by atoms with Crippen LogP contribution in [0.15, 0.2) is 24.3 Å². The van der Waals surface area contributed by atoms with Crippen LogP contribution in [0.25, 0.3) is 0 Å². The van der Waals surface area contributed by atoms with Gasteiger partial charge in [-0.25, -0.2) is 0 Å². The molecular formula is C12H14O3. The zero-order valence-corrected chi connectivity index (χ0v) is 8.73. The lowest BCUT2D eigenvalue weighted by Gasteiger charge is -2.02. The number of rotatable bonds is 5. The number of carbonyl (C=O) groups is 2. The van der Waals surface area contributed by atoms with Crippen LogP contribution in [-0.4, -0.2) is 18.9 Å². The Hall–Kier alpha value is -1.64. The number of aldehydes is 1. The van der Waals surface area contributed by atoms with E-state index in [2.05, 4.69) is 0 Å². The van der Waals surface area contributed by atoms with Crippen molar-refractivity contribution < 1.29 is 14.3 Å². The minimum absolute atomic E-state index is 0.183. The van der Waals surface area contributed by atoms with Gasteiger partial charge in [0.2, 0.25) is 0 Å². The van der Waals surface area contributed by atoms with Crippen LogP contribution in [0.3, 0.4) is 0 Å². The highest BCUT2D eigenvalue weighted by Crippen LogP contribution is 2.05. The Morgan fingerprint density at radius 3 is 2.53 bits per heavy atom. The van der Waals surface area contributed by atoms with Crippen LogP contribution in [0, 0.1) is 0 Å². The predicted molar refractivity (Wildman–Crippen MR) is 56.8 cm³/mol. The summed E-state index contributed by atoms with van der Waals surface area (Å²) in [5.41, 5.74) is 1.68. The molecule has 0 aliphatic heterocycles. The molecule has 1 rings (SSSR count). The summed E-state index contributed by atoms with van der Waals surface area (Å²) in [6.45, 7) is 2.21. The van der Waals surface area contributed by atoms with Gasteiger partial charge in [0.15, 0.2) is 0 Å². The van der Waals surface area contributed by atoms with Crippen molar-refractivity contribution in [3.63, 3.8) is 0 Å². The highest BCUT2D eigenvalue weighted by Gasteiger charge is 2.02. The first-order valence-corrected chi connectivity index (χ1v) is 4.96. The van der Waals surface area contributed by atoms with Crippen LogP contribution in [0.4, 0.5) is 0 Å². The molecule has 80 valence electrons. The van der Waals surface area contributed by atoms with Crippen LogP contribution >= 0.6 is 0 Å². The van der Waals surface area contributed by atoms with Crippen LogP contribution < -0.4 is 0 Å². The molecule has 0 aromatic heterocycles. The van der Waals surface area contributed by atoms with Crippen LogP contribution in [0.5, 0.6) is 0 Å². The van der Waals surface area contributed by atoms with E-state index in [0.29, 0.717) is 25.0 Å². The molecule has 0 fully saturated rings. The summed E-state index contributed by atoms with van der Waals surface area (Å²) in [5.74, 6) is -0.183. The average molecular weight is 206 g/mol. The van der Waals surface area contributed by atoms with E-state index >= 15 is 0 Å². The minimum Gasteiger partial charge on any atom is -0.466 e. The maximum absolute atomic E-state index is 11.1. The summed E-state index contributed by atoms with van der Waals surface area (Å²) in [7, 11) is 0. The van der Waals surface area contributed by atoms with E-state index < -0.39 is 0 Å². The number of hydrogen-bond donors (Lipinski definition) is 0. The van der Waals surface area contributed by atoms with Gasteiger partial charge < -0.3 is 4.74 Å². The third-order valence-corrected chi connectivity index (χ3v) is 2.04. The Kier molecular flexibility index (Phi) is 4.54. The predicted octanol–water partition coefficient (Wildman–Crippen LogP) is 1.99. The third-order valence-electron chi connectivity index (χ3n) is 2.04. The van der Waals surface area contributed by atoms with E-state index in [0.717, 1.165) is 11.8 Å². The Morgan fingerprint density at radius 2 is 2.00 bits per heavy atom. The number of ether oxygens (including phenoxy) is 1. The molecule has 0 aliphatic carbocycles. The van der Waals surface area contributed by atoms with E-state index in [9.17, 15) is 9.59 Å². The first-order chi connectivity index (χ1) is 7.26. The highest BCUT2D eigenvalue weighted by molar-refractivity contribution is 5.74. The lowest BCUT2D eigenvalue weighted by atomic mass is 10.1. The fourth-order valence-electron chi connectivity index (χ4n) is 1.24. The quantitative estimate of drug-likeness (QED) is 0.546. The van der Waals surface area contributed by atoms with Gasteiger partial charge in [0, 0.05) is 12.0 Å². The first kappa shape index (κ1) is 11.4. The third kappa shape index (κ3) is 3.94. The van der Waals surface area contributed by atoms with Crippen molar-refractivity contribution in [1.29, 1.82) is 0 Å². The summed E-state index contributed by atoms with van der Waals surface area (Å²) < 4.78 is 4.81. The molecule has 0 heterocycles. The molecular weight excluding hydrogens is 192 g/mol. The lowest BCUT2D eigenvalue weighted by molar-refractivity contribution is -0.143. The van der Waals surface area contributed by atoms with Crippen LogP contribution in [-0.2, 0) is 16.0 Å². The van der Waals surface area contributed by atoms with Crippen molar-refractivity contribution in [2.24, 2.45) is 0 Å². The fraction of sp³-hybridized carbons (Fsp3) is 0.333. The molecule has 15 heavy (non-hydrogen) atoms. The second-order valence-electron chi connectivity index (χ2n) is 3.16. The summed E-state index contributed by atoms with van der Waals surface area (Å²) in [6, 6.07) is 7.19. The monoisotopic (exact) mass is 206 g/mol. The zero-order valence-electron chi connectivity index (χ0n) is 8.73. The fourth-order valence-corrected chi connectivity index (χ4v) is 1.24. The van der Waals surface area contributed by atoms with E-state index in [4.69, 9.17) is 4.74 Å². The first-order valence-electron chi connectivity index (χ1n) is 4.96. The molecule has 0 saturated heterocycles. The van der Waals surface area contributed by atoms with Gasteiger partial charge in [0.1, 0.15) is 6.29 Å². The minimum atomic E-state index is -0.183. The SMILES string of the molecule is CCOC(=O)CCc1ccc(C=O)cc1. The van der Waals surface area contributed by atoms with E-state index in [1.54, 1.807) is 19.1 Å². The smallest absolute Gasteiger partial charge is 0.306 e. The molecule has 0 saturated carbocycles. The molecule has 0 bridgehead atoms. The Balaban J connectivity index is 2.44. The number of carbonyl (C=O) groups excluding carboxylic acids is 2. The maximum atomic E-state index is 11.1. The molecule has 1 aromatic rings. The Bertz CT molecular complexity index is 327. The van der Waals surface area contributed by atoms with Gasteiger partial charge in [0.25, 0.3) is 0 Å². The van der Waals surface area contributed by atoms with Crippen molar-refractivity contribution in [2.45, 2.75) is 19.8 Å². The molecule has 0 N–H and O–H groups in total. The molecule has 0 atom stereocenters. The van der Waals surface area contributed by atoms with Gasteiger partial charge in [-0.3, -0.25) is 9.59 Å². The molecule has 0 spiro atoms. The van der Waals surface area contributed by atoms with Gasteiger partial charge in [0.05, 0.1) is 6.61 Å². The summed E-state index contributed by atoms with van der Waals surface area (Å²) >= 11 is 0. The van der Waals surface area contributed by atoms with Crippen molar-refractivity contribution in [3.05, 3.63) is 35.4 Å². The van der Waals surface area contributed by atoms with Gasteiger partial charge in [-0.05, 0) is 18.9 Å². The van der Waals surface area contributed by atoms with Crippen molar-refractivity contribution in [3.8, 4) is 0 Å². The second kappa shape index (κ2) is 5.96. The number of hydrogen-bond acceptors (Lipinski definition) is 3. The summed E-state index contributed by atoms with van der Waals surface area (Å²) in [6.07, 6.45) is 1.83.